The van der Waals surface area contributed by atoms with Gasteiger partial charge in [0.15, 0.2) is 0 Å². The van der Waals surface area contributed by atoms with Gasteiger partial charge in [0.2, 0.25) is 5.91 Å². The van der Waals surface area contributed by atoms with Crippen molar-refractivity contribution < 1.29 is 4.79 Å². The van der Waals surface area contributed by atoms with Gasteiger partial charge in [-0.05, 0) is 12.8 Å². The Kier molecular flexibility index (Phi) is 5.71. The molecule has 0 saturated carbocycles. The van der Waals surface area contributed by atoms with Crippen LogP contribution in [0.3, 0.4) is 0 Å². The van der Waals surface area contributed by atoms with E-state index in [0.29, 0.717) is 30.4 Å². The smallest absolute Gasteiger partial charge is 0.221 e. The van der Waals surface area contributed by atoms with Gasteiger partial charge < -0.3 is 5.32 Å². The van der Waals surface area contributed by atoms with E-state index in [2.05, 4.69) is 33.1 Å². The van der Waals surface area contributed by atoms with Crippen molar-refractivity contribution in [1.29, 1.82) is 0 Å². The van der Waals surface area contributed by atoms with Crippen LogP contribution in [-0.4, -0.2) is 42.3 Å². The quantitative estimate of drug-likeness (QED) is 0.178. The van der Waals surface area contributed by atoms with E-state index >= 15 is 0 Å². The molecule has 6 N–H and O–H groups in total. The highest BCUT2D eigenvalue weighted by Crippen LogP contribution is 2.32. The molecule has 7 heteroatoms. The maximum atomic E-state index is 11.3. The molecule has 0 aromatic heterocycles. The molecule has 2 saturated heterocycles. The Morgan fingerprint density at radius 2 is 2.28 bits per heavy atom. The van der Waals surface area contributed by atoms with Gasteiger partial charge in [0.1, 0.15) is 0 Å². The Morgan fingerprint density at radius 3 is 3.11 bits per heavy atom. The zero-order valence-corrected chi connectivity index (χ0v) is 11.4. The van der Waals surface area contributed by atoms with E-state index in [1.807, 2.05) is 0 Å². The molecular formula is C11H23N5OS. The molecule has 2 aliphatic rings. The largest absolute Gasteiger partial charge is 0.342 e. The number of rotatable bonds is 7. The molecule has 0 aromatic rings. The Hall–Kier alpha value is -0.340. The topological polar surface area (TPSA) is 91.2 Å². The summed E-state index contributed by atoms with van der Waals surface area (Å²) in [6.45, 7) is 1.29. The predicted molar refractivity (Wildman–Crippen MR) is 73.8 cm³/mol. The highest BCUT2D eigenvalue weighted by molar-refractivity contribution is 8.00. The molecule has 0 aliphatic carbocycles. The Bertz CT molecular complexity index is 278. The average molecular weight is 273 g/mol. The predicted octanol–water partition coefficient (Wildman–Crippen LogP) is -0.913. The van der Waals surface area contributed by atoms with Gasteiger partial charge in [-0.1, -0.05) is 6.42 Å². The van der Waals surface area contributed by atoms with Crippen molar-refractivity contribution in [1.82, 2.24) is 21.4 Å². The first-order valence-corrected chi connectivity index (χ1v) is 7.64. The van der Waals surface area contributed by atoms with Crippen LogP contribution in [-0.2, 0) is 4.79 Å². The summed E-state index contributed by atoms with van der Waals surface area (Å²) in [5.41, 5.74) is 2.41. The van der Waals surface area contributed by atoms with E-state index in [4.69, 9.17) is 5.84 Å². The van der Waals surface area contributed by atoms with Crippen LogP contribution in [0.5, 0.6) is 0 Å². The molecule has 6 nitrogen and oxygen atoms in total. The number of hydrogen-bond acceptors (Lipinski definition) is 6. The maximum absolute atomic E-state index is 11.3. The molecule has 18 heavy (non-hydrogen) atoms. The number of carbonyl (C=O) groups excluding carboxylic acids is 1. The van der Waals surface area contributed by atoms with E-state index < -0.39 is 0 Å². The molecule has 2 rings (SSSR count). The standard InChI is InChI=1S/C11H23N5OS/c12-16-7-14-10(17)4-2-1-3-9-11-8(5-18-9)13-6-15-11/h8-9,11,13,15-16H,1-7,12H2,(H,14,17). The monoisotopic (exact) mass is 273 g/mol. The van der Waals surface area contributed by atoms with E-state index in [0.717, 1.165) is 19.5 Å². The van der Waals surface area contributed by atoms with Gasteiger partial charge in [0, 0.05) is 36.2 Å². The molecule has 3 unspecified atom stereocenters. The van der Waals surface area contributed by atoms with Crippen LogP contribution in [0.2, 0.25) is 0 Å². The van der Waals surface area contributed by atoms with Gasteiger partial charge in [-0.2, -0.15) is 11.8 Å². The molecule has 104 valence electrons. The van der Waals surface area contributed by atoms with Crippen LogP contribution in [0.25, 0.3) is 0 Å². The van der Waals surface area contributed by atoms with Crippen molar-refractivity contribution in [3.05, 3.63) is 0 Å². The lowest BCUT2D eigenvalue weighted by Gasteiger charge is -2.16. The van der Waals surface area contributed by atoms with Gasteiger partial charge in [-0.25, -0.2) is 5.43 Å². The molecule has 2 fully saturated rings. The maximum Gasteiger partial charge on any atom is 0.221 e. The first-order valence-electron chi connectivity index (χ1n) is 6.60. The third-order valence-electron chi connectivity index (χ3n) is 3.56. The number of unbranched alkanes of at least 4 members (excludes halogenated alkanes) is 1. The molecule has 0 aromatic carbocycles. The number of hydrogen-bond donors (Lipinski definition) is 5. The van der Waals surface area contributed by atoms with Crippen LogP contribution >= 0.6 is 11.8 Å². The van der Waals surface area contributed by atoms with E-state index in [-0.39, 0.29) is 5.91 Å². The number of hydrazine groups is 1. The number of nitrogens with two attached hydrogens (primary N) is 1. The fourth-order valence-electron chi connectivity index (χ4n) is 2.59. The molecular weight excluding hydrogens is 250 g/mol. The number of nitrogens with one attached hydrogen (secondary N) is 4. The van der Waals surface area contributed by atoms with Crippen LogP contribution in [0.4, 0.5) is 0 Å². The highest BCUT2D eigenvalue weighted by atomic mass is 32.2. The van der Waals surface area contributed by atoms with Crippen LogP contribution < -0.4 is 27.2 Å². The zero-order chi connectivity index (χ0) is 12.8. The van der Waals surface area contributed by atoms with E-state index in [1.165, 1.54) is 12.2 Å². The second kappa shape index (κ2) is 7.30. The van der Waals surface area contributed by atoms with E-state index in [1.54, 1.807) is 0 Å². The van der Waals surface area contributed by atoms with Crippen LogP contribution in [0.1, 0.15) is 25.7 Å². The summed E-state index contributed by atoms with van der Waals surface area (Å²) in [5, 5.41) is 10.4. The molecule has 2 heterocycles. The highest BCUT2D eigenvalue weighted by Gasteiger charge is 2.38. The SMILES string of the molecule is NNCNC(=O)CCCCC1SCC2NCNC21. The van der Waals surface area contributed by atoms with Gasteiger partial charge in [0.05, 0.1) is 6.67 Å². The number of fused-ring (bicyclic) bond motifs is 1. The summed E-state index contributed by atoms with van der Waals surface area (Å²) in [7, 11) is 0. The minimum absolute atomic E-state index is 0.0746. The lowest BCUT2D eigenvalue weighted by molar-refractivity contribution is -0.121. The van der Waals surface area contributed by atoms with Crippen molar-refractivity contribution >= 4 is 17.7 Å². The molecule has 2 aliphatic heterocycles. The first kappa shape index (κ1) is 14.1. The Labute approximate surface area is 112 Å². The fourth-order valence-corrected chi connectivity index (χ4v) is 4.20. The average Bonchev–Trinajstić information content (AvgIpc) is 2.95. The molecule has 0 radical (unpaired) electrons. The van der Waals surface area contributed by atoms with Crippen LogP contribution in [0.15, 0.2) is 0 Å². The summed E-state index contributed by atoms with van der Waals surface area (Å²) in [5.74, 6) is 6.37. The third kappa shape index (κ3) is 3.83. The van der Waals surface area contributed by atoms with Crippen LogP contribution in [0, 0.1) is 0 Å². The van der Waals surface area contributed by atoms with Crippen molar-refractivity contribution in [2.45, 2.75) is 43.0 Å². The molecule has 0 spiro atoms. The second-order valence-corrected chi connectivity index (χ2v) is 6.09. The number of carbonyl (C=O) groups is 1. The van der Waals surface area contributed by atoms with Gasteiger partial charge in [-0.15, -0.1) is 0 Å². The van der Waals surface area contributed by atoms with Gasteiger partial charge in [-0.3, -0.25) is 21.3 Å². The Balaban J connectivity index is 1.54. The number of thioether (sulfide) groups is 1. The Morgan fingerprint density at radius 1 is 1.39 bits per heavy atom. The normalized spacial score (nSPS) is 30.4. The summed E-state index contributed by atoms with van der Waals surface area (Å²) < 4.78 is 0. The van der Waals surface area contributed by atoms with Gasteiger partial charge in [0.25, 0.3) is 0 Å². The summed E-state index contributed by atoms with van der Waals surface area (Å²) in [6, 6.07) is 1.28. The minimum atomic E-state index is 0.0746. The second-order valence-electron chi connectivity index (χ2n) is 4.82. The molecule has 0 bridgehead atoms. The van der Waals surface area contributed by atoms with Crippen molar-refractivity contribution in [3.63, 3.8) is 0 Å². The number of amides is 1. The van der Waals surface area contributed by atoms with Crippen molar-refractivity contribution in [3.8, 4) is 0 Å². The molecule has 3 atom stereocenters. The van der Waals surface area contributed by atoms with Crippen molar-refractivity contribution in [2.24, 2.45) is 5.84 Å². The summed E-state index contributed by atoms with van der Waals surface area (Å²) in [6.07, 6.45) is 3.87. The zero-order valence-electron chi connectivity index (χ0n) is 10.6. The fraction of sp³-hybridized carbons (Fsp3) is 0.909. The van der Waals surface area contributed by atoms with Crippen molar-refractivity contribution in [2.75, 3.05) is 19.1 Å². The first-order chi connectivity index (χ1) is 8.81. The third-order valence-corrected chi connectivity index (χ3v) is 5.06. The summed E-state index contributed by atoms with van der Waals surface area (Å²) >= 11 is 2.06. The summed E-state index contributed by atoms with van der Waals surface area (Å²) in [4.78, 5) is 11.3. The molecule has 1 amide bonds. The lowest BCUT2D eigenvalue weighted by atomic mass is 10.0. The van der Waals surface area contributed by atoms with E-state index in [9.17, 15) is 4.79 Å². The lowest BCUT2D eigenvalue weighted by Crippen LogP contribution is -2.37. The minimum Gasteiger partial charge on any atom is -0.342 e. The van der Waals surface area contributed by atoms with Gasteiger partial charge >= 0.3 is 0 Å².